The molecule has 2 aliphatic rings. The van der Waals surface area contributed by atoms with Crippen molar-refractivity contribution < 1.29 is 9.53 Å². The Morgan fingerprint density at radius 3 is 2.59 bits per heavy atom. The Balaban J connectivity index is 1.76. The number of methoxy groups -OCH3 is 1. The largest absolute Gasteiger partial charge is 0.497 e. The lowest BCUT2D eigenvalue weighted by Gasteiger charge is -2.34. The number of hydrogen-bond donors (Lipinski definition) is 1. The molecule has 0 aromatic heterocycles. The molecule has 5 rings (SSSR count). The van der Waals surface area contributed by atoms with Gasteiger partial charge < -0.3 is 10.1 Å². The van der Waals surface area contributed by atoms with Crippen LogP contribution in [0.15, 0.2) is 71.9 Å². The van der Waals surface area contributed by atoms with Gasteiger partial charge in [-0.1, -0.05) is 48.5 Å². The van der Waals surface area contributed by atoms with Crippen LogP contribution >= 0.6 is 0 Å². The van der Waals surface area contributed by atoms with Gasteiger partial charge in [-0.15, -0.1) is 0 Å². The minimum absolute atomic E-state index is 0.0282. The van der Waals surface area contributed by atoms with E-state index in [4.69, 9.17) is 4.74 Å². The molecule has 1 unspecified atom stereocenters. The van der Waals surface area contributed by atoms with Crippen molar-refractivity contribution in [1.29, 1.82) is 0 Å². The first-order valence-corrected chi connectivity index (χ1v) is 9.45. The van der Waals surface area contributed by atoms with E-state index in [9.17, 15) is 4.79 Å². The monoisotopic (exact) mass is 355 g/mol. The number of rotatable bonds is 2. The predicted octanol–water partition coefficient (Wildman–Crippen LogP) is 5.41. The fourth-order valence-corrected chi connectivity index (χ4v) is 4.45. The number of ketones is 1. The molecule has 0 saturated carbocycles. The number of benzene rings is 3. The van der Waals surface area contributed by atoms with E-state index in [0.29, 0.717) is 6.42 Å². The predicted molar refractivity (Wildman–Crippen MR) is 108 cm³/mol. The minimum atomic E-state index is -0.0282. The highest BCUT2D eigenvalue weighted by Gasteiger charge is 2.35. The summed E-state index contributed by atoms with van der Waals surface area (Å²) >= 11 is 0. The number of fused-ring (bicyclic) bond motifs is 3. The molecule has 1 heterocycles. The fraction of sp³-hybridized carbons (Fsp3) is 0.208. The summed E-state index contributed by atoms with van der Waals surface area (Å²) in [6, 6.07) is 20.9. The first-order chi connectivity index (χ1) is 13.3. The van der Waals surface area contributed by atoms with E-state index in [1.165, 1.54) is 16.3 Å². The number of carbonyl (C=O) groups is 1. The van der Waals surface area contributed by atoms with E-state index in [0.717, 1.165) is 41.1 Å². The lowest BCUT2D eigenvalue weighted by atomic mass is 9.75. The zero-order valence-corrected chi connectivity index (χ0v) is 15.3. The van der Waals surface area contributed by atoms with E-state index < -0.39 is 0 Å². The van der Waals surface area contributed by atoms with E-state index in [2.05, 4.69) is 53.8 Å². The fourth-order valence-electron chi connectivity index (χ4n) is 4.45. The number of carbonyl (C=O) groups excluding carboxylic acids is 1. The summed E-state index contributed by atoms with van der Waals surface area (Å²) in [6.45, 7) is 0. The van der Waals surface area contributed by atoms with Crippen LogP contribution < -0.4 is 10.1 Å². The third-order valence-corrected chi connectivity index (χ3v) is 5.74. The van der Waals surface area contributed by atoms with Gasteiger partial charge in [0.25, 0.3) is 0 Å². The summed E-state index contributed by atoms with van der Waals surface area (Å²) < 4.78 is 5.32. The second kappa shape index (κ2) is 6.27. The molecule has 0 fully saturated rings. The van der Waals surface area contributed by atoms with Crippen molar-refractivity contribution >= 4 is 22.2 Å². The zero-order valence-electron chi connectivity index (χ0n) is 15.3. The molecule has 3 aromatic rings. The van der Waals surface area contributed by atoms with Gasteiger partial charge in [-0.05, 0) is 41.5 Å². The summed E-state index contributed by atoms with van der Waals surface area (Å²) in [7, 11) is 1.67. The third kappa shape index (κ3) is 2.54. The highest BCUT2D eigenvalue weighted by atomic mass is 16.5. The highest BCUT2D eigenvalue weighted by molar-refractivity contribution is 6.04. The van der Waals surface area contributed by atoms with Crippen molar-refractivity contribution in [3.05, 3.63) is 83.1 Å². The minimum Gasteiger partial charge on any atom is -0.497 e. The van der Waals surface area contributed by atoms with Gasteiger partial charge in [0.1, 0.15) is 5.75 Å². The molecule has 3 heteroatoms. The number of ether oxygens (including phenoxy) is 1. The SMILES string of the molecule is COc1ccc(C2C3=C(CCCC3=O)Nc3c2ccc2ccccc32)cc1. The molecule has 3 aromatic carbocycles. The Bertz CT molecular complexity index is 1080. The lowest BCUT2D eigenvalue weighted by molar-refractivity contribution is -0.116. The van der Waals surface area contributed by atoms with Crippen molar-refractivity contribution in [3.8, 4) is 5.75 Å². The van der Waals surface area contributed by atoms with Crippen molar-refractivity contribution in [2.45, 2.75) is 25.2 Å². The molecule has 27 heavy (non-hydrogen) atoms. The lowest BCUT2D eigenvalue weighted by Crippen LogP contribution is -2.27. The maximum absolute atomic E-state index is 12.9. The molecule has 0 saturated heterocycles. The van der Waals surface area contributed by atoms with Crippen LogP contribution in [0.4, 0.5) is 5.69 Å². The van der Waals surface area contributed by atoms with Crippen LogP contribution in [0.5, 0.6) is 5.75 Å². The Labute approximate surface area is 158 Å². The summed E-state index contributed by atoms with van der Waals surface area (Å²) in [5.41, 5.74) is 5.48. The highest BCUT2D eigenvalue weighted by Crippen LogP contribution is 2.47. The van der Waals surface area contributed by atoms with E-state index in [1.807, 2.05) is 12.1 Å². The molecule has 134 valence electrons. The first-order valence-electron chi connectivity index (χ1n) is 9.45. The maximum atomic E-state index is 12.9. The maximum Gasteiger partial charge on any atom is 0.161 e. The molecular formula is C24H21NO2. The van der Waals surface area contributed by atoms with Crippen molar-refractivity contribution in [2.75, 3.05) is 12.4 Å². The van der Waals surface area contributed by atoms with Crippen LogP contribution in [0.3, 0.4) is 0 Å². The van der Waals surface area contributed by atoms with Gasteiger partial charge in [0.2, 0.25) is 0 Å². The van der Waals surface area contributed by atoms with Crippen molar-refractivity contribution in [2.24, 2.45) is 0 Å². The van der Waals surface area contributed by atoms with Gasteiger partial charge in [0.15, 0.2) is 5.78 Å². The molecule has 0 bridgehead atoms. The Morgan fingerprint density at radius 2 is 1.78 bits per heavy atom. The van der Waals surface area contributed by atoms with Gasteiger partial charge in [-0.25, -0.2) is 0 Å². The quantitative estimate of drug-likeness (QED) is 0.668. The Morgan fingerprint density at radius 1 is 0.963 bits per heavy atom. The molecule has 1 N–H and O–H groups in total. The topological polar surface area (TPSA) is 38.3 Å². The van der Waals surface area contributed by atoms with Gasteiger partial charge in [-0.2, -0.15) is 0 Å². The van der Waals surface area contributed by atoms with Gasteiger partial charge in [0.05, 0.1) is 12.8 Å². The normalized spacial score (nSPS) is 18.7. The standard InChI is InChI=1S/C24H21NO2/c1-27-17-12-9-16(10-13-17)22-19-14-11-15-5-2-3-6-18(15)24(19)25-20-7-4-8-21(26)23(20)22/h2-3,5-6,9-14,22,25H,4,7-8H2,1H3. The van der Waals surface area contributed by atoms with E-state index in [-0.39, 0.29) is 11.7 Å². The first kappa shape index (κ1) is 16.1. The van der Waals surface area contributed by atoms with Crippen molar-refractivity contribution in [1.82, 2.24) is 0 Å². The number of anilines is 1. The zero-order chi connectivity index (χ0) is 18.4. The molecule has 1 atom stereocenters. The van der Waals surface area contributed by atoms with Crippen LogP contribution in [0.1, 0.15) is 36.3 Å². The summed E-state index contributed by atoms with van der Waals surface area (Å²) in [4.78, 5) is 12.9. The van der Waals surface area contributed by atoms with Crippen LogP contribution in [0, 0.1) is 0 Å². The molecular weight excluding hydrogens is 334 g/mol. The van der Waals surface area contributed by atoms with E-state index in [1.54, 1.807) is 7.11 Å². The molecule has 0 spiro atoms. The van der Waals surface area contributed by atoms with Crippen LogP contribution in [-0.2, 0) is 4.79 Å². The molecule has 1 aliphatic heterocycles. The number of nitrogens with one attached hydrogen (secondary N) is 1. The van der Waals surface area contributed by atoms with Crippen molar-refractivity contribution in [3.63, 3.8) is 0 Å². The van der Waals surface area contributed by atoms with Crippen LogP contribution in [-0.4, -0.2) is 12.9 Å². The Kier molecular flexibility index (Phi) is 3.75. The number of allylic oxidation sites excluding steroid dienone is 2. The summed E-state index contributed by atoms with van der Waals surface area (Å²) in [6.07, 6.45) is 2.48. The van der Waals surface area contributed by atoms with Gasteiger partial charge in [0, 0.05) is 29.0 Å². The van der Waals surface area contributed by atoms with E-state index >= 15 is 0 Å². The summed E-state index contributed by atoms with van der Waals surface area (Å²) in [5, 5.41) is 6.05. The second-order valence-electron chi connectivity index (χ2n) is 7.25. The third-order valence-electron chi connectivity index (χ3n) is 5.74. The van der Waals surface area contributed by atoms with Crippen LogP contribution in [0.25, 0.3) is 10.8 Å². The second-order valence-corrected chi connectivity index (χ2v) is 7.25. The molecule has 0 amide bonds. The smallest absolute Gasteiger partial charge is 0.161 e. The average molecular weight is 355 g/mol. The van der Waals surface area contributed by atoms with Gasteiger partial charge in [-0.3, -0.25) is 4.79 Å². The molecule has 0 radical (unpaired) electrons. The average Bonchev–Trinajstić information content (AvgIpc) is 2.72. The Hall–Kier alpha value is -3.07. The molecule has 1 aliphatic carbocycles. The number of hydrogen-bond acceptors (Lipinski definition) is 3. The number of Topliss-reactive ketones (excluding diaryl/α,β-unsaturated/α-hetero) is 1. The molecule has 3 nitrogen and oxygen atoms in total. The van der Waals surface area contributed by atoms with Gasteiger partial charge >= 0.3 is 0 Å². The summed E-state index contributed by atoms with van der Waals surface area (Å²) in [5.74, 6) is 1.07. The van der Waals surface area contributed by atoms with Crippen LogP contribution in [0.2, 0.25) is 0 Å².